The smallest absolute Gasteiger partial charge is 0.168 e. The molecule has 0 fully saturated rings. The number of aromatic hydroxyl groups is 1. The molecule has 0 saturated heterocycles. The van der Waals surface area contributed by atoms with Crippen molar-refractivity contribution < 1.29 is 9.90 Å². The minimum atomic E-state index is 0.134. The number of ketones is 1. The van der Waals surface area contributed by atoms with Crippen molar-refractivity contribution in [3.05, 3.63) is 17.2 Å². The third-order valence-electron chi connectivity index (χ3n) is 3.39. The molecule has 0 saturated carbocycles. The Hall–Kier alpha value is -1.71. The molecule has 84 valence electrons. The van der Waals surface area contributed by atoms with Crippen LogP contribution in [0.2, 0.25) is 0 Å². The lowest BCUT2D eigenvalue weighted by Crippen LogP contribution is -2.22. The molecular formula is C12H14N2O2. The van der Waals surface area contributed by atoms with Crippen LogP contribution in [-0.2, 0) is 6.42 Å². The summed E-state index contributed by atoms with van der Waals surface area (Å²) in [6.45, 7) is 1.53. The molecule has 0 unspecified atom stereocenters. The van der Waals surface area contributed by atoms with Crippen LogP contribution in [0.25, 0.3) is 0 Å². The minimum absolute atomic E-state index is 0.134. The average Bonchev–Trinajstić information content (AvgIpc) is 2.61. The number of hydrogen-bond donors (Lipinski definition) is 2. The summed E-state index contributed by atoms with van der Waals surface area (Å²) in [4.78, 5) is 14.1. The van der Waals surface area contributed by atoms with Gasteiger partial charge in [0.1, 0.15) is 5.75 Å². The van der Waals surface area contributed by atoms with Gasteiger partial charge >= 0.3 is 0 Å². The summed E-state index contributed by atoms with van der Waals surface area (Å²) in [7, 11) is 1.99. The van der Waals surface area contributed by atoms with Crippen LogP contribution in [0.1, 0.15) is 22.3 Å². The zero-order valence-electron chi connectivity index (χ0n) is 9.21. The number of fused-ring (bicyclic) bond motifs is 3. The normalized spacial score (nSPS) is 18.1. The first-order valence-electron chi connectivity index (χ1n) is 5.55. The van der Waals surface area contributed by atoms with Gasteiger partial charge in [0.2, 0.25) is 0 Å². The third-order valence-corrected chi connectivity index (χ3v) is 3.39. The number of benzene rings is 1. The van der Waals surface area contributed by atoms with Crippen LogP contribution in [0.4, 0.5) is 11.4 Å². The zero-order chi connectivity index (χ0) is 11.3. The molecule has 16 heavy (non-hydrogen) atoms. The largest absolute Gasteiger partial charge is 0.506 e. The molecule has 4 heteroatoms. The Kier molecular flexibility index (Phi) is 1.87. The van der Waals surface area contributed by atoms with Crippen LogP contribution in [-0.4, -0.2) is 31.0 Å². The van der Waals surface area contributed by atoms with Gasteiger partial charge in [-0.3, -0.25) is 4.79 Å². The summed E-state index contributed by atoms with van der Waals surface area (Å²) >= 11 is 0. The molecule has 0 radical (unpaired) electrons. The van der Waals surface area contributed by atoms with Gasteiger partial charge in [-0.2, -0.15) is 0 Å². The Labute approximate surface area is 93.9 Å². The number of phenols is 1. The van der Waals surface area contributed by atoms with Crippen molar-refractivity contribution in [2.45, 2.75) is 12.8 Å². The average molecular weight is 218 g/mol. The van der Waals surface area contributed by atoms with Crippen molar-refractivity contribution in [1.82, 2.24) is 0 Å². The maximum atomic E-state index is 12.0. The highest BCUT2D eigenvalue weighted by atomic mass is 16.3. The first-order chi connectivity index (χ1) is 7.68. The molecule has 2 aliphatic rings. The topological polar surface area (TPSA) is 52.6 Å². The molecule has 0 aromatic heterocycles. The number of phenolic OH excluding ortho intramolecular Hbond substituents is 1. The van der Waals surface area contributed by atoms with E-state index in [0.717, 1.165) is 24.2 Å². The number of hydrogen-bond acceptors (Lipinski definition) is 4. The fraction of sp³-hybridized carbons (Fsp3) is 0.417. The van der Waals surface area contributed by atoms with E-state index >= 15 is 0 Å². The molecule has 2 heterocycles. The van der Waals surface area contributed by atoms with Crippen LogP contribution in [0.15, 0.2) is 6.07 Å². The van der Waals surface area contributed by atoms with Gasteiger partial charge in [0.25, 0.3) is 0 Å². The van der Waals surface area contributed by atoms with Crippen LogP contribution >= 0.6 is 0 Å². The summed E-state index contributed by atoms with van der Waals surface area (Å²) in [6.07, 6.45) is 1.41. The van der Waals surface area contributed by atoms with Gasteiger partial charge in [-0.05, 0) is 18.1 Å². The highest BCUT2D eigenvalue weighted by molar-refractivity contribution is 6.10. The van der Waals surface area contributed by atoms with Crippen molar-refractivity contribution >= 4 is 17.2 Å². The number of carbonyl (C=O) groups is 1. The van der Waals surface area contributed by atoms with Gasteiger partial charge in [0.05, 0.1) is 16.9 Å². The van der Waals surface area contributed by atoms with Crippen LogP contribution in [0.3, 0.4) is 0 Å². The third kappa shape index (κ3) is 1.13. The van der Waals surface area contributed by atoms with Crippen LogP contribution in [0.5, 0.6) is 5.75 Å². The van der Waals surface area contributed by atoms with Crippen LogP contribution < -0.4 is 10.2 Å². The molecule has 0 aliphatic carbocycles. The lowest BCUT2D eigenvalue weighted by molar-refractivity contribution is 0.0984. The van der Waals surface area contributed by atoms with Gasteiger partial charge < -0.3 is 15.3 Å². The van der Waals surface area contributed by atoms with Gasteiger partial charge in [-0.15, -0.1) is 0 Å². The molecule has 0 amide bonds. The fourth-order valence-electron chi connectivity index (χ4n) is 2.62. The van der Waals surface area contributed by atoms with E-state index in [-0.39, 0.29) is 11.5 Å². The number of rotatable bonds is 0. The summed E-state index contributed by atoms with van der Waals surface area (Å²) < 4.78 is 0. The summed E-state index contributed by atoms with van der Waals surface area (Å²) in [6, 6.07) is 1.78. The number of nitrogens with one attached hydrogen (secondary N) is 1. The van der Waals surface area contributed by atoms with E-state index in [1.165, 1.54) is 0 Å². The number of Topliss-reactive ketones (excluding diaryl/α,β-unsaturated/α-hetero) is 1. The van der Waals surface area contributed by atoms with Crippen molar-refractivity contribution in [1.29, 1.82) is 0 Å². The fourth-order valence-corrected chi connectivity index (χ4v) is 2.62. The Morgan fingerprint density at radius 3 is 3.06 bits per heavy atom. The molecule has 0 spiro atoms. The number of carbonyl (C=O) groups excluding carboxylic acids is 1. The van der Waals surface area contributed by atoms with Gasteiger partial charge in [0, 0.05) is 26.6 Å². The van der Waals surface area contributed by atoms with Crippen molar-refractivity contribution in [2.24, 2.45) is 0 Å². The zero-order valence-corrected chi connectivity index (χ0v) is 9.21. The van der Waals surface area contributed by atoms with E-state index < -0.39 is 0 Å². The summed E-state index contributed by atoms with van der Waals surface area (Å²) in [5, 5.41) is 13.0. The van der Waals surface area contributed by atoms with Crippen molar-refractivity contribution in [3.63, 3.8) is 0 Å². The molecule has 1 aromatic carbocycles. The quantitative estimate of drug-likeness (QED) is 0.646. The van der Waals surface area contributed by atoms with E-state index in [9.17, 15) is 9.90 Å². The number of likely N-dealkylation sites (N-methyl/N-ethyl adjacent to an activating group) is 1. The van der Waals surface area contributed by atoms with Gasteiger partial charge in [-0.25, -0.2) is 0 Å². The number of anilines is 2. The van der Waals surface area contributed by atoms with Gasteiger partial charge in [-0.1, -0.05) is 0 Å². The lowest BCUT2D eigenvalue weighted by Gasteiger charge is -2.24. The number of nitrogens with zero attached hydrogens (tertiary/aromatic N) is 1. The monoisotopic (exact) mass is 218 g/mol. The Bertz CT molecular complexity index is 482. The second-order valence-electron chi connectivity index (χ2n) is 4.42. The molecular weight excluding hydrogens is 204 g/mol. The predicted octanol–water partition coefficient (Wildman–Crippen LogP) is 1.38. The standard InChI is InChI=1S/C12H14N2O2/c1-14-5-3-7-6-9(16)11-10(12(7)14)8(15)2-4-13-11/h6,13,16H,2-5H2,1H3. The highest BCUT2D eigenvalue weighted by Gasteiger charge is 2.30. The second kappa shape index (κ2) is 3.14. The molecule has 3 rings (SSSR count). The Morgan fingerprint density at radius 2 is 2.25 bits per heavy atom. The second-order valence-corrected chi connectivity index (χ2v) is 4.42. The van der Waals surface area contributed by atoms with Gasteiger partial charge in [0.15, 0.2) is 5.78 Å². The van der Waals surface area contributed by atoms with E-state index in [1.54, 1.807) is 6.07 Å². The molecule has 0 atom stereocenters. The highest BCUT2D eigenvalue weighted by Crippen LogP contribution is 2.43. The predicted molar refractivity (Wildman–Crippen MR) is 62.5 cm³/mol. The molecule has 2 N–H and O–H groups in total. The maximum absolute atomic E-state index is 12.0. The van der Waals surface area contributed by atoms with Crippen LogP contribution in [0, 0.1) is 0 Å². The molecule has 1 aromatic rings. The van der Waals surface area contributed by atoms with E-state index in [1.807, 2.05) is 7.05 Å². The SMILES string of the molecule is CN1CCc2cc(O)c3c(c21)C(=O)CCN3. The van der Waals surface area contributed by atoms with E-state index in [2.05, 4.69) is 10.2 Å². The Morgan fingerprint density at radius 1 is 1.44 bits per heavy atom. The van der Waals surface area contributed by atoms with Crippen molar-refractivity contribution in [2.75, 3.05) is 30.4 Å². The first-order valence-corrected chi connectivity index (χ1v) is 5.55. The minimum Gasteiger partial charge on any atom is -0.506 e. The lowest BCUT2D eigenvalue weighted by atomic mass is 9.96. The summed E-state index contributed by atoms with van der Waals surface area (Å²) in [5.74, 6) is 0.340. The summed E-state index contributed by atoms with van der Waals surface area (Å²) in [5.41, 5.74) is 3.38. The molecule has 4 nitrogen and oxygen atoms in total. The van der Waals surface area contributed by atoms with E-state index in [4.69, 9.17) is 0 Å². The maximum Gasteiger partial charge on any atom is 0.168 e. The Balaban J connectivity index is 2.31. The molecule has 2 aliphatic heterocycles. The first kappa shape index (κ1) is 9.51. The molecule has 0 bridgehead atoms. The van der Waals surface area contributed by atoms with Crippen molar-refractivity contribution in [3.8, 4) is 5.75 Å². The van der Waals surface area contributed by atoms with E-state index in [0.29, 0.717) is 24.2 Å².